The number of rotatable bonds is 7. The van der Waals surface area contributed by atoms with E-state index in [1.807, 2.05) is 39.0 Å². The van der Waals surface area contributed by atoms with Crippen molar-refractivity contribution in [3.05, 3.63) is 23.8 Å². The summed E-state index contributed by atoms with van der Waals surface area (Å²) in [5.74, 6) is 1.17. The van der Waals surface area contributed by atoms with E-state index < -0.39 is 35.7 Å². The Morgan fingerprint density at radius 1 is 1.04 bits per heavy atom. The number of methoxy groups -OCH3 is 2. The zero-order chi connectivity index (χ0) is 35.4. The van der Waals surface area contributed by atoms with Crippen molar-refractivity contribution in [3.8, 4) is 17.4 Å². The minimum atomic E-state index is -0.934. The third-order valence-corrected chi connectivity index (χ3v) is 10.6. The van der Waals surface area contributed by atoms with Crippen LogP contribution in [-0.4, -0.2) is 104 Å². The lowest BCUT2D eigenvalue weighted by atomic mass is 9.85. The summed E-state index contributed by atoms with van der Waals surface area (Å²) in [5.41, 5.74) is 0.862. The molecule has 2 amide bonds. The van der Waals surface area contributed by atoms with Crippen molar-refractivity contribution in [2.45, 2.75) is 109 Å². The fourth-order valence-electron chi connectivity index (χ4n) is 7.67. The summed E-state index contributed by atoms with van der Waals surface area (Å²) in [5, 5.41) is 3.70. The lowest BCUT2D eigenvalue weighted by molar-refractivity contribution is -0.152. The van der Waals surface area contributed by atoms with Crippen molar-refractivity contribution in [3.63, 3.8) is 0 Å². The molecule has 50 heavy (non-hydrogen) atoms. The normalized spacial score (nSPS) is 26.5. The molecule has 0 spiro atoms. The molecule has 4 aliphatic rings. The first-order valence-corrected chi connectivity index (χ1v) is 18.4. The first-order chi connectivity index (χ1) is 24.1. The fourth-order valence-corrected chi connectivity index (χ4v) is 7.67. The van der Waals surface area contributed by atoms with Gasteiger partial charge in [0.1, 0.15) is 41.3 Å². The molecule has 1 aromatic carbocycles. The van der Waals surface area contributed by atoms with Gasteiger partial charge in [0.05, 0.1) is 32.9 Å². The third-order valence-electron chi connectivity index (χ3n) is 10.6. The third kappa shape index (κ3) is 8.22. The van der Waals surface area contributed by atoms with Crippen LogP contribution in [0.5, 0.6) is 17.4 Å². The number of hydrogen-bond acceptors (Lipinski definition) is 10. The van der Waals surface area contributed by atoms with Gasteiger partial charge in [-0.2, -0.15) is 0 Å². The zero-order valence-corrected chi connectivity index (χ0v) is 30.3. The van der Waals surface area contributed by atoms with E-state index in [0.29, 0.717) is 36.1 Å². The smallest absolute Gasteiger partial charge is 0.408 e. The predicted octanol–water partition coefficient (Wildman–Crippen LogP) is 5.28. The molecule has 274 valence electrons. The van der Waals surface area contributed by atoms with Crippen molar-refractivity contribution >= 4 is 28.9 Å². The van der Waals surface area contributed by atoms with Crippen LogP contribution >= 0.6 is 0 Å². The molecule has 4 heterocycles. The Balaban J connectivity index is 1.36. The van der Waals surface area contributed by atoms with Crippen LogP contribution in [0.4, 0.5) is 4.79 Å². The monoisotopic (exact) mass is 694 g/mol. The molecule has 0 unspecified atom stereocenters. The molecule has 3 fully saturated rings. The van der Waals surface area contributed by atoms with Crippen LogP contribution in [0.25, 0.3) is 10.9 Å². The Bertz CT molecular complexity index is 1540. The lowest BCUT2D eigenvalue weighted by Gasteiger charge is -2.34. The van der Waals surface area contributed by atoms with E-state index in [9.17, 15) is 14.4 Å². The highest BCUT2D eigenvalue weighted by Crippen LogP contribution is 2.42. The highest BCUT2D eigenvalue weighted by molar-refractivity contribution is 5.92. The number of likely N-dealkylation sites (tertiary alicyclic amines) is 1. The van der Waals surface area contributed by atoms with E-state index in [1.165, 1.54) is 24.9 Å². The molecule has 3 aliphatic heterocycles. The number of ether oxygens (including phenoxy) is 5. The van der Waals surface area contributed by atoms with Gasteiger partial charge in [-0.25, -0.2) is 14.6 Å². The van der Waals surface area contributed by atoms with Gasteiger partial charge in [-0.05, 0) is 81.5 Å². The zero-order valence-electron chi connectivity index (χ0n) is 30.3. The van der Waals surface area contributed by atoms with Gasteiger partial charge >= 0.3 is 12.1 Å². The van der Waals surface area contributed by atoms with E-state index in [4.69, 9.17) is 28.7 Å². The number of aromatic nitrogens is 1. The molecular formula is C38H54N4O8. The predicted molar refractivity (Wildman–Crippen MR) is 188 cm³/mol. The van der Waals surface area contributed by atoms with Crippen LogP contribution in [0.15, 0.2) is 18.2 Å². The minimum absolute atomic E-state index is 0.115. The SMILES string of the molecule is COC(=O)[C@@H]1C[C@@H]2CN1C(=O)[C@H](C(C)(C)C)NC(=O)O[C@@H]1C[C@H]1CCCCCc1c(nc3c(OC)cccc3c1OCCCN1CCCC1)O2. The van der Waals surface area contributed by atoms with Crippen LogP contribution < -0.4 is 19.5 Å². The number of esters is 1. The molecule has 12 nitrogen and oxygen atoms in total. The van der Waals surface area contributed by atoms with Gasteiger partial charge in [0.25, 0.3) is 0 Å². The first kappa shape index (κ1) is 36.0. The van der Waals surface area contributed by atoms with Crippen molar-refractivity contribution < 1.29 is 38.1 Å². The minimum Gasteiger partial charge on any atom is -0.494 e. The Labute approximate surface area is 295 Å². The standard InChI is InChI=1S/C38H54N4O8/c1-38(2,3)33-35(43)42-23-25(22-28(42)36(44)47-5)49-34-27(14-8-6-7-13-24-21-30(24)50-37(45)40-33)32(48-20-12-19-41-17-9-10-18-41)26-15-11-16-29(46-4)31(26)39-34/h11,15-16,24-25,28,30,33H,6-10,12-14,17-23H2,1-5H3,(H,40,45)/t24-,25-,28+,30-,33-/m1/s1. The molecule has 1 aromatic heterocycles. The maximum atomic E-state index is 14.2. The summed E-state index contributed by atoms with van der Waals surface area (Å²) in [4.78, 5) is 49.4. The van der Waals surface area contributed by atoms with Crippen molar-refractivity contribution in [1.29, 1.82) is 0 Å². The van der Waals surface area contributed by atoms with E-state index in [-0.39, 0.29) is 25.0 Å². The van der Waals surface area contributed by atoms with Gasteiger partial charge in [0, 0.05) is 18.4 Å². The topological polar surface area (TPSA) is 129 Å². The Hall–Kier alpha value is -3.80. The second-order valence-electron chi connectivity index (χ2n) is 15.3. The number of benzene rings is 1. The number of carbonyl (C=O) groups excluding carboxylic acids is 3. The molecule has 1 aliphatic carbocycles. The van der Waals surface area contributed by atoms with Crippen LogP contribution in [0.3, 0.4) is 0 Å². The molecule has 5 atom stereocenters. The van der Waals surface area contributed by atoms with Gasteiger partial charge in [-0.1, -0.05) is 39.7 Å². The summed E-state index contributed by atoms with van der Waals surface area (Å²) in [7, 11) is 2.93. The highest BCUT2D eigenvalue weighted by atomic mass is 16.6. The number of nitrogens with zero attached hydrogens (tertiary/aromatic N) is 3. The molecule has 2 bridgehead atoms. The van der Waals surface area contributed by atoms with Crippen LogP contribution in [0, 0.1) is 11.3 Å². The molecule has 6 rings (SSSR count). The van der Waals surface area contributed by atoms with Crippen LogP contribution in [0.2, 0.25) is 0 Å². The first-order valence-electron chi connectivity index (χ1n) is 18.4. The van der Waals surface area contributed by atoms with Crippen molar-refractivity contribution in [2.24, 2.45) is 11.3 Å². The quantitative estimate of drug-likeness (QED) is 0.302. The van der Waals surface area contributed by atoms with Crippen molar-refractivity contribution in [2.75, 3.05) is 47.0 Å². The van der Waals surface area contributed by atoms with Crippen LogP contribution in [-0.2, 0) is 25.5 Å². The Morgan fingerprint density at radius 2 is 1.84 bits per heavy atom. The van der Waals surface area contributed by atoms with Gasteiger partial charge < -0.3 is 38.8 Å². The summed E-state index contributed by atoms with van der Waals surface area (Å²) >= 11 is 0. The molecular weight excluding hydrogens is 640 g/mol. The number of nitrogens with one attached hydrogen (secondary N) is 1. The van der Waals surface area contributed by atoms with E-state index in [2.05, 4.69) is 10.2 Å². The van der Waals surface area contributed by atoms with Crippen LogP contribution in [0.1, 0.15) is 84.1 Å². The number of amides is 2. The number of pyridine rings is 1. The summed E-state index contributed by atoms with van der Waals surface area (Å²) in [6.45, 7) is 9.58. The molecule has 2 aromatic rings. The van der Waals surface area contributed by atoms with Gasteiger partial charge in [-0.15, -0.1) is 0 Å². The molecule has 1 saturated carbocycles. The van der Waals surface area contributed by atoms with E-state index in [1.54, 1.807) is 7.11 Å². The van der Waals surface area contributed by atoms with Crippen molar-refractivity contribution in [1.82, 2.24) is 20.1 Å². The lowest BCUT2D eigenvalue weighted by Crippen LogP contribution is -2.57. The van der Waals surface area contributed by atoms with E-state index >= 15 is 0 Å². The van der Waals surface area contributed by atoms with E-state index in [0.717, 1.165) is 74.9 Å². The summed E-state index contributed by atoms with van der Waals surface area (Å²) in [6, 6.07) is 4.02. The number of para-hydroxylation sites is 1. The fraction of sp³-hybridized carbons (Fsp3) is 0.684. The Morgan fingerprint density at radius 3 is 2.58 bits per heavy atom. The molecule has 0 radical (unpaired) electrons. The molecule has 1 N–H and O–H groups in total. The summed E-state index contributed by atoms with van der Waals surface area (Å²) < 4.78 is 30.1. The molecule has 2 saturated heterocycles. The van der Waals surface area contributed by atoms with Gasteiger partial charge in [0.15, 0.2) is 0 Å². The second-order valence-corrected chi connectivity index (χ2v) is 15.3. The highest BCUT2D eigenvalue weighted by Gasteiger charge is 2.47. The number of fused-ring (bicyclic) bond motifs is 5. The average molecular weight is 695 g/mol. The number of carbonyl (C=O) groups is 3. The summed E-state index contributed by atoms with van der Waals surface area (Å²) in [6.07, 6.45) is 7.65. The number of alkyl carbamates (subject to hydrolysis) is 1. The largest absolute Gasteiger partial charge is 0.494 e. The molecule has 12 heteroatoms. The van der Waals surface area contributed by atoms with Gasteiger partial charge in [0.2, 0.25) is 11.8 Å². The second kappa shape index (κ2) is 15.6. The average Bonchev–Trinajstić information content (AvgIpc) is 3.42. The number of hydrogen-bond donors (Lipinski definition) is 1. The maximum absolute atomic E-state index is 14.2. The maximum Gasteiger partial charge on any atom is 0.408 e. The Kier molecular flexibility index (Phi) is 11.2. The van der Waals surface area contributed by atoms with Gasteiger partial charge in [-0.3, -0.25) is 4.79 Å².